The molecule has 0 saturated heterocycles. The van der Waals surface area contributed by atoms with Crippen LogP contribution in [-0.2, 0) is 6.42 Å². The Bertz CT molecular complexity index is 423. The van der Waals surface area contributed by atoms with E-state index in [2.05, 4.69) is 17.1 Å². The highest BCUT2D eigenvalue weighted by Crippen LogP contribution is 2.22. The maximum Gasteiger partial charge on any atom is 0.139 e. The zero-order valence-corrected chi connectivity index (χ0v) is 7.88. The number of phenols is 1. The second kappa shape index (κ2) is 3.49. The van der Waals surface area contributed by atoms with Gasteiger partial charge in [-0.3, -0.25) is 4.57 Å². The van der Waals surface area contributed by atoms with Gasteiger partial charge < -0.3 is 5.11 Å². The summed E-state index contributed by atoms with van der Waals surface area (Å²) < 4.78 is 1.69. The minimum atomic E-state index is 0.238. The summed E-state index contributed by atoms with van der Waals surface area (Å²) in [6.45, 7) is 2.07. The van der Waals surface area contributed by atoms with Crippen molar-refractivity contribution in [3.63, 3.8) is 0 Å². The van der Waals surface area contributed by atoms with E-state index in [0.29, 0.717) is 5.69 Å². The lowest BCUT2D eigenvalue weighted by Crippen LogP contribution is -1.92. The molecule has 0 saturated carbocycles. The highest BCUT2D eigenvalue weighted by atomic mass is 16.3. The zero-order chi connectivity index (χ0) is 9.97. The van der Waals surface area contributed by atoms with E-state index in [0.717, 1.165) is 6.42 Å². The highest BCUT2D eigenvalue weighted by Gasteiger charge is 2.03. The van der Waals surface area contributed by atoms with Gasteiger partial charge in [-0.2, -0.15) is 0 Å². The van der Waals surface area contributed by atoms with Crippen LogP contribution in [-0.4, -0.2) is 19.9 Å². The number of aromatic hydroxyl groups is 1. The molecule has 0 amide bonds. The fourth-order valence-electron chi connectivity index (χ4n) is 1.32. The summed E-state index contributed by atoms with van der Waals surface area (Å²) in [5, 5.41) is 17.0. The van der Waals surface area contributed by atoms with Gasteiger partial charge in [-0.25, -0.2) is 0 Å². The third-order valence-electron chi connectivity index (χ3n) is 2.14. The molecule has 1 aromatic carbocycles. The van der Waals surface area contributed by atoms with E-state index in [-0.39, 0.29) is 5.75 Å². The molecule has 0 unspecified atom stereocenters. The Labute approximate surface area is 81.8 Å². The number of aryl methyl sites for hydroxylation is 1. The highest BCUT2D eigenvalue weighted by molar-refractivity contribution is 5.47. The molecule has 4 nitrogen and oxygen atoms in total. The lowest BCUT2D eigenvalue weighted by molar-refractivity contribution is 0.472. The summed E-state index contributed by atoms with van der Waals surface area (Å²) in [4.78, 5) is 0. The molecule has 0 radical (unpaired) electrons. The van der Waals surface area contributed by atoms with Crippen LogP contribution in [0.15, 0.2) is 30.9 Å². The molecule has 0 atom stereocenters. The standard InChI is InChI=1S/C10H11N3O/c1-2-8-3-4-10(14)9(5-8)13-6-11-12-7-13/h3-7,14H,2H2,1H3. The molecule has 0 fully saturated rings. The van der Waals surface area contributed by atoms with Crippen LogP contribution < -0.4 is 0 Å². The molecule has 0 aliphatic heterocycles. The van der Waals surface area contributed by atoms with E-state index in [1.54, 1.807) is 23.3 Å². The van der Waals surface area contributed by atoms with Gasteiger partial charge in [0.05, 0.1) is 5.69 Å². The van der Waals surface area contributed by atoms with Crippen molar-refractivity contribution < 1.29 is 5.11 Å². The van der Waals surface area contributed by atoms with Gasteiger partial charge in [-0.15, -0.1) is 10.2 Å². The first-order valence-electron chi connectivity index (χ1n) is 4.48. The minimum absolute atomic E-state index is 0.238. The van der Waals surface area contributed by atoms with Gasteiger partial charge in [0.1, 0.15) is 18.4 Å². The van der Waals surface area contributed by atoms with Crippen molar-refractivity contribution in [2.75, 3.05) is 0 Å². The summed E-state index contributed by atoms with van der Waals surface area (Å²) in [6.07, 6.45) is 4.07. The van der Waals surface area contributed by atoms with E-state index < -0.39 is 0 Å². The largest absolute Gasteiger partial charge is 0.506 e. The van der Waals surface area contributed by atoms with Crippen LogP contribution in [0.4, 0.5) is 0 Å². The van der Waals surface area contributed by atoms with Crippen LogP contribution in [0.3, 0.4) is 0 Å². The van der Waals surface area contributed by atoms with Gasteiger partial charge in [0.25, 0.3) is 0 Å². The molecule has 2 rings (SSSR count). The van der Waals surface area contributed by atoms with Crippen molar-refractivity contribution >= 4 is 0 Å². The van der Waals surface area contributed by atoms with Crippen LogP contribution in [0, 0.1) is 0 Å². The Morgan fingerprint density at radius 2 is 2.00 bits per heavy atom. The summed E-state index contributed by atoms with van der Waals surface area (Å²) in [5.74, 6) is 0.238. The normalized spacial score (nSPS) is 10.4. The van der Waals surface area contributed by atoms with Gasteiger partial charge in [-0.1, -0.05) is 13.0 Å². The molecular formula is C10H11N3O. The van der Waals surface area contributed by atoms with Crippen molar-refractivity contribution in [3.8, 4) is 11.4 Å². The third-order valence-corrected chi connectivity index (χ3v) is 2.14. The average Bonchev–Trinajstić information content (AvgIpc) is 2.71. The van der Waals surface area contributed by atoms with E-state index in [9.17, 15) is 5.11 Å². The van der Waals surface area contributed by atoms with E-state index in [1.807, 2.05) is 12.1 Å². The molecule has 0 aliphatic rings. The van der Waals surface area contributed by atoms with Crippen LogP contribution in [0.2, 0.25) is 0 Å². The number of rotatable bonds is 2. The molecule has 14 heavy (non-hydrogen) atoms. The van der Waals surface area contributed by atoms with Gasteiger partial charge in [0.15, 0.2) is 0 Å². The monoisotopic (exact) mass is 189 g/mol. The van der Waals surface area contributed by atoms with Crippen molar-refractivity contribution in [2.24, 2.45) is 0 Å². The summed E-state index contributed by atoms with van der Waals surface area (Å²) in [7, 11) is 0. The first-order valence-corrected chi connectivity index (χ1v) is 4.48. The Morgan fingerprint density at radius 1 is 1.29 bits per heavy atom. The van der Waals surface area contributed by atoms with Crippen molar-refractivity contribution in [2.45, 2.75) is 13.3 Å². The topological polar surface area (TPSA) is 50.9 Å². The quantitative estimate of drug-likeness (QED) is 0.779. The van der Waals surface area contributed by atoms with Gasteiger partial charge in [0, 0.05) is 0 Å². The first-order chi connectivity index (χ1) is 6.81. The Kier molecular flexibility index (Phi) is 2.18. The van der Waals surface area contributed by atoms with Crippen molar-refractivity contribution in [1.82, 2.24) is 14.8 Å². The fraction of sp³-hybridized carbons (Fsp3) is 0.200. The molecule has 1 N–H and O–H groups in total. The first kappa shape index (κ1) is 8.74. The van der Waals surface area contributed by atoms with Crippen molar-refractivity contribution in [3.05, 3.63) is 36.4 Å². The lowest BCUT2D eigenvalue weighted by Gasteiger charge is -2.06. The lowest BCUT2D eigenvalue weighted by atomic mass is 10.1. The Morgan fingerprint density at radius 3 is 2.64 bits per heavy atom. The second-order valence-corrected chi connectivity index (χ2v) is 3.05. The predicted octanol–water partition coefficient (Wildman–Crippen LogP) is 1.54. The molecule has 1 heterocycles. The van der Waals surface area contributed by atoms with Crippen molar-refractivity contribution in [1.29, 1.82) is 0 Å². The Balaban J connectivity index is 2.51. The smallest absolute Gasteiger partial charge is 0.139 e. The molecule has 72 valence electrons. The molecule has 0 bridgehead atoms. The van der Waals surface area contributed by atoms with Gasteiger partial charge >= 0.3 is 0 Å². The summed E-state index contributed by atoms with van der Waals surface area (Å²) in [5.41, 5.74) is 1.89. The number of hydrogen-bond donors (Lipinski definition) is 1. The maximum atomic E-state index is 9.63. The van der Waals surface area contributed by atoms with Crippen LogP contribution >= 0.6 is 0 Å². The molecule has 4 heteroatoms. The Hall–Kier alpha value is -1.84. The molecule has 2 aromatic rings. The summed E-state index contributed by atoms with van der Waals surface area (Å²) >= 11 is 0. The number of nitrogens with zero attached hydrogens (tertiary/aromatic N) is 3. The fourth-order valence-corrected chi connectivity index (χ4v) is 1.32. The van der Waals surface area contributed by atoms with E-state index in [1.165, 1.54) is 5.56 Å². The number of aromatic nitrogens is 3. The molecular weight excluding hydrogens is 178 g/mol. The van der Waals surface area contributed by atoms with Gasteiger partial charge in [0.2, 0.25) is 0 Å². The average molecular weight is 189 g/mol. The van der Waals surface area contributed by atoms with Crippen LogP contribution in [0.25, 0.3) is 5.69 Å². The number of hydrogen-bond acceptors (Lipinski definition) is 3. The number of benzene rings is 1. The van der Waals surface area contributed by atoms with Crippen LogP contribution in [0.1, 0.15) is 12.5 Å². The predicted molar refractivity (Wildman–Crippen MR) is 52.4 cm³/mol. The molecule has 0 spiro atoms. The zero-order valence-electron chi connectivity index (χ0n) is 7.88. The van der Waals surface area contributed by atoms with E-state index >= 15 is 0 Å². The third kappa shape index (κ3) is 1.46. The second-order valence-electron chi connectivity index (χ2n) is 3.05. The van der Waals surface area contributed by atoms with Crippen LogP contribution in [0.5, 0.6) is 5.75 Å². The number of phenolic OH excluding ortho intramolecular Hbond substituents is 1. The molecule has 1 aromatic heterocycles. The minimum Gasteiger partial charge on any atom is -0.506 e. The molecule has 0 aliphatic carbocycles. The maximum absolute atomic E-state index is 9.63. The van der Waals surface area contributed by atoms with E-state index in [4.69, 9.17) is 0 Å². The van der Waals surface area contributed by atoms with Gasteiger partial charge in [-0.05, 0) is 24.1 Å². The SMILES string of the molecule is CCc1ccc(O)c(-n2cnnc2)c1. The summed E-state index contributed by atoms with van der Waals surface area (Å²) in [6, 6.07) is 5.52.